The zero-order chi connectivity index (χ0) is 27.4. The number of ether oxygens (including phenoxy) is 2. The van der Waals surface area contributed by atoms with Crippen molar-refractivity contribution in [3.05, 3.63) is 125 Å². The van der Waals surface area contributed by atoms with E-state index in [-0.39, 0.29) is 6.42 Å². The number of fused-ring (bicyclic) bond motifs is 1. The Hall–Kier alpha value is -4.19. The maximum atomic E-state index is 12.7. The van der Waals surface area contributed by atoms with Gasteiger partial charge in [0.05, 0.1) is 14.2 Å². The molecule has 1 N–H and O–H groups in total. The van der Waals surface area contributed by atoms with Crippen molar-refractivity contribution in [2.45, 2.75) is 17.9 Å². The minimum atomic E-state index is -1.63. The molecule has 0 radical (unpaired) electrons. The largest absolute Gasteiger partial charge is 0.481 e. The van der Waals surface area contributed by atoms with Crippen LogP contribution >= 0.6 is 11.6 Å². The van der Waals surface area contributed by atoms with E-state index in [0.717, 1.165) is 28.2 Å². The van der Waals surface area contributed by atoms with Crippen molar-refractivity contribution in [1.29, 1.82) is 0 Å². The highest BCUT2D eigenvalue weighted by atomic mass is 35.5. The van der Waals surface area contributed by atoms with E-state index in [1.54, 1.807) is 19.2 Å². The highest BCUT2D eigenvalue weighted by Gasteiger charge is 2.43. The van der Waals surface area contributed by atoms with E-state index in [1.807, 2.05) is 91.0 Å². The molecule has 0 saturated heterocycles. The van der Waals surface area contributed by atoms with Crippen molar-refractivity contribution in [2.24, 2.45) is 0 Å². The number of benzene rings is 4. The van der Waals surface area contributed by atoms with E-state index in [1.165, 1.54) is 7.11 Å². The molecule has 39 heavy (non-hydrogen) atoms. The van der Waals surface area contributed by atoms with Crippen LogP contribution in [0, 0.1) is 0 Å². The number of methoxy groups -OCH3 is 2. The molecule has 6 heteroatoms. The maximum Gasteiger partial charge on any atom is 0.224 e. The van der Waals surface area contributed by atoms with Crippen molar-refractivity contribution in [3.63, 3.8) is 0 Å². The van der Waals surface area contributed by atoms with Crippen LogP contribution in [-0.4, -0.2) is 30.6 Å². The van der Waals surface area contributed by atoms with E-state index in [0.29, 0.717) is 33.5 Å². The molecule has 0 aliphatic heterocycles. The van der Waals surface area contributed by atoms with Gasteiger partial charge in [-0.25, -0.2) is 0 Å². The van der Waals surface area contributed by atoms with Crippen LogP contribution in [-0.2, 0) is 10.4 Å². The lowest BCUT2D eigenvalue weighted by molar-refractivity contribution is -0.113. The van der Waals surface area contributed by atoms with Gasteiger partial charge in [-0.1, -0.05) is 96.5 Å². The van der Waals surface area contributed by atoms with E-state index < -0.39 is 11.5 Å². The third-order valence-electron chi connectivity index (χ3n) is 7.09. The van der Waals surface area contributed by atoms with Gasteiger partial charge in [0.1, 0.15) is 11.9 Å². The van der Waals surface area contributed by atoms with Crippen molar-refractivity contribution >= 4 is 28.7 Å². The highest BCUT2D eigenvalue weighted by molar-refractivity contribution is 6.30. The first kappa shape index (κ1) is 26.4. The third-order valence-corrected chi connectivity index (χ3v) is 7.35. The van der Waals surface area contributed by atoms with Crippen LogP contribution in [0.15, 0.2) is 103 Å². The number of aromatic nitrogens is 1. The number of hydrogen-bond acceptors (Lipinski definition) is 5. The standard InChI is InChI=1S/C33H28ClNO4/c1-38-31-27(23-15-17-25(34)18-16-23)21-28(32(35-31)39-2)30(24-10-4-3-5-11-24)33(37,19-20-36)29-14-8-12-22-9-6-7-13-26(22)29/h3-18,20-21,30,37H,19H2,1-2H3. The van der Waals surface area contributed by atoms with Crippen molar-refractivity contribution in [3.8, 4) is 22.9 Å². The Balaban J connectivity index is 1.84. The predicted molar refractivity (Wildman–Crippen MR) is 155 cm³/mol. The fourth-order valence-electron chi connectivity index (χ4n) is 5.33. The first-order valence-corrected chi connectivity index (χ1v) is 13.0. The number of aldehydes is 1. The molecule has 5 aromatic rings. The molecule has 5 nitrogen and oxygen atoms in total. The molecule has 0 aliphatic rings. The molecule has 0 bridgehead atoms. The molecule has 5 rings (SSSR count). The maximum absolute atomic E-state index is 12.7. The number of nitrogens with zero attached hydrogens (tertiary/aromatic N) is 1. The van der Waals surface area contributed by atoms with Gasteiger partial charge in [-0.2, -0.15) is 4.98 Å². The van der Waals surface area contributed by atoms with Crippen LogP contribution < -0.4 is 9.47 Å². The van der Waals surface area contributed by atoms with Gasteiger partial charge in [0.25, 0.3) is 0 Å². The molecule has 196 valence electrons. The first-order chi connectivity index (χ1) is 19.0. The Morgan fingerprint density at radius 1 is 0.872 bits per heavy atom. The summed E-state index contributed by atoms with van der Waals surface area (Å²) in [6.45, 7) is 0. The van der Waals surface area contributed by atoms with Crippen LogP contribution in [0.4, 0.5) is 0 Å². The van der Waals surface area contributed by atoms with Crippen molar-refractivity contribution in [2.75, 3.05) is 14.2 Å². The fourth-order valence-corrected chi connectivity index (χ4v) is 5.46. The van der Waals surface area contributed by atoms with Gasteiger partial charge in [-0.15, -0.1) is 0 Å². The molecule has 2 unspecified atom stereocenters. The molecule has 0 saturated carbocycles. The van der Waals surface area contributed by atoms with E-state index in [9.17, 15) is 9.90 Å². The van der Waals surface area contributed by atoms with Crippen LogP contribution in [0.2, 0.25) is 5.02 Å². The summed E-state index contributed by atoms with van der Waals surface area (Å²) in [5.41, 5.74) is 1.98. The van der Waals surface area contributed by atoms with Gasteiger partial charge in [-0.05, 0) is 45.7 Å². The molecule has 0 aliphatic carbocycles. The van der Waals surface area contributed by atoms with Crippen LogP contribution in [0.25, 0.3) is 21.9 Å². The van der Waals surface area contributed by atoms with Crippen molar-refractivity contribution in [1.82, 2.24) is 4.98 Å². The quantitative estimate of drug-likeness (QED) is 0.202. The van der Waals surface area contributed by atoms with Crippen molar-refractivity contribution < 1.29 is 19.4 Å². The molecule has 2 atom stereocenters. The molecule has 0 fully saturated rings. The fraction of sp³-hybridized carbons (Fsp3) is 0.152. The Labute approximate surface area is 232 Å². The molecule has 1 heterocycles. The summed E-state index contributed by atoms with van der Waals surface area (Å²) in [5, 5.41) is 15.2. The average molecular weight is 538 g/mol. The molecule has 0 spiro atoms. The number of carbonyl (C=O) groups excluding carboxylic acids is 1. The zero-order valence-corrected chi connectivity index (χ0v) is 22.4. The summed E-state index contributed by atoms with van der Waals surface area (Å²) >= 11 is 6.16. The number of hydrogen-bond donors (Lipinski definition) is 1. The SMILES string of the molecule is COc1nc(OC)c(C(c2ccccc2)C(O)(CC=O)c2cccc3ccccc23)cc1-c1ccc(Cl)cc1. The first-order valence-electron chi connectivity index (χ1n) is 12.6. The van der Waals surface area contributed by atoms with Gasteiger partial charge < -0.3 is 19.4 Å². The Kier molecular flexibility index (Phi) is 7.64. The van der Waals surface area contributed by atoms with Gasteiger partial charge in [-0.3, -0.25) is 0 Å². The van der Waals surface area contributed by atoms with Crippen LogP contribution in [0.3, 0.4) is 0 Å². The summed E-state index contributed by atoms with van der Waals surface area (Å²) in [5.74, 6) is -0.0501. The van der Waals surface area contributed by atoms with Gasteiger partial charge >= 0.3 is 0 Å². The summed E-state index contributed by atoms with van der Waals surface area (Å²) in [6, 6.07) is 32.5. The second-order valence-corrected chi connectivity index (χ2v) is 9.75. The van der Waals surface area contributed by atoms with Crippen LogP contribution in [0.1, 0.15) is 29.0 Å². The van der Waals surface area contributed by atoms with E-state index in [2.05, 4.69) is 0 Å². The number of aliphatic hydroxyl groups is 1. The number of halogens is 1. The minimum absolute atomic E-state index is 0.147. The summed E-state index contributed by atoms with van der Waals surface area (Å²) in [6.07, 6.45) is 0.618. The predicted octanol–water partition coefficient (Wildman–Crippen LogP) is 7.18. The minimum Gasteiger partial charge on any atom is -0.481 e. The lowest BCUT2D eigenvalue weighted by atomic mass is 9.71. The number of carbonyl (C=O) groups is 1. The average Bonchev–Trinajstić information content (AvgIpc) is 2.98. The Morgan fingerprint density at radius 2 is 1.54 bits per heavy atom. The monoisotopic (exact) mass is 537 g/mol. The second kappa shape index (κ2) is 11.3. The molecule has 0 amide bonds. The number of rotatable bonds is 9. The van der Waals surface area contributed by atoms with Crippen LogP contribution in [0.5, 0.6) is 11.8 Å². The lowest BCUT2D eigenvalue weighted by Gasteiger charge is -2.37. The van der Waals surface area contributed by atoms with Gasteiger partial charge in [0.2, 0.25) is 11.8 Å². The van der Waals surface area contributed by atoms with E-state index >= 15 is 0 Å². The summed E-state index contributed by atoms with van der Waals surface area (Å²) in [7, 11) is 3.08. The Bertz CT molecular complexity index is 1600. The van der Waals surface area contributed by atoms with Gasteiger partial charge in [0, 0.05) is 28.5 Å². The highest BCUT2D eigenvalue weighted by Crippen LogP contribution is 2.49. The van der Waals surface area contributed by atoms with E-state index in [4.69, 9.17) is 26.1 Å². The molecule has 1 aromatic heterocycles. The summed E-state index contributed by atoms with van der Waals surface area (Å²) in [4.78, 5) is 16.9. The molecular weight excluding hydrogens is 510 g/mol. The molecule has 4 aromatic carbocycles. The molecular formula is C33H28ClNO4. The topological polar surface area (TPSA) is 68.7 Å². The normalized spacial score (nSPS) is 13.4. The summed E-state index contributed by atoms with van der Waals surface area (Å²) < 4.78 is 11.4. The smallest absolute Gasteiger partial charge is 0.224 e. The van der Waals surface area contributed by atoms with Gasteiger partial charge in [0.15, 0.2) is 0 Å². The number of pyridine rings is 1. The second-order valence-electron chi connectivity index (χ2n) is 9.32. The third kappa shape index (κ3) is 4.99. The Morgan fingerprint density at radius 3 is 2.23 bits per heavy atom. The lowest BCUT2D eigenvalue weighted by Crippen LogP contribution is -2.35. The zero-order valence-electron chi connectivity index (χ0n) is 21.7.